The molecule has 1 aromatic carbocycles. The van der Waals surface area contributed by atoms with Gasteiger partial charge in [-0.2, -0.15) is 0 Å². The van der Waals surface area contributed by atoms with Crippen LogP contribution in [0.4, 0.5) is 5.69 Å². The Bertz CT molecular complexity index is 612. The average molecular weight is 328 g/mol. The number of nitro groups is 1. The molecule has 0 radical (unpaired) electrons. The minimum atomic E-state index is -1.86. The molecule has 1 aromatic rings. The van der Waals surface area contributed by atoms with Crippen molar-refractivity contribution in [2.45, 2.75) is 11.8 Å². The van der Waals surface area contributed by atoms with Gasteiger partial charge in [0.15, 0.2) is 5.41 Å². The van der Waals surface area contributed by atoms with Crippen LogP contribution in [0.5, 0.6) is 0 Å². The Kier molecular flexibility index (Phi) is 5.64. The van der Waals surface area contributed by atoms with E-state index < -0.39 is 22.3 Å². The third kappa shape index (κ3) is 2.94. The van der Waals surface area contributed by atoms with E-state index in [1.165, 1.54) is 12.1 Å². The minimum Gasteiger partial charge on any atom is -0.468 e. The maximum absolute atomic E-state index is 12.2. The summed E-state index contributed by atoms with van der Waals surface area (Å²) < 4.78 is 9.40. The second-order valence-electron chi connectivity index (χ2n) is 4.30. The molecule has 0 spiro atoms. The van der Waals surface area contributed by atoms with Gasteiger partial charge in [0.2, 0.25) is 0 Å². The number of hydrogen-bond acceptors (Lipinski definition) is 6. The Morgan fingerprint density at radius 1 is 1.36 bits per heavy atom. The van der Waals surface area contributed by atoms with Gasteiger partial charge in [-0.15, -0.1) is 6.58 Å². The van der Waals surface area contributed by atoms with Crippen molar-refractivity contribution in [2.24, 2.45) is 0 Å². The minimum absolute atomic E-state index is 0.0540. The molecular formula is C14H14ClNO6. The van der Waals surface area contributed by atoms with Crippen LogP contribution in [0, 0.1) is 10.1 Å². The van der Waals surface area contributed by atoms with E-state index >= 15 is 0 Å². The topological polar surface area (TPSA) is 95.7 Å². The molecule has 0 amide bonds. The number of methoxy groups -OCH3 is 2. The van der Waals surface area contributed by atoms with Crippen molar-refractivity contribution >= 4 is 29.2 Å². The predicted molar refractivity (Wildman–Crippen MR) is 78.6 cm³/mol. The van der Waals surface area contributed by atoms with E-state index in [0.717, 1.165) is 26.4 Å². The van der Waals surface area contributed by atoms with Gasteiger partial charge in [0.1, 0.15) is 0 Å². The first-order valence-corrected chi connectivity index (χ1v) is 6.45. The van der Waals surface area contributed by atoms with Crippen LogP contribution >= 0.6 is 11.6 Å². The lowest BCUT2D eigenvalue weighted by Crippen LogP contribution is -2.45. The summed E-state index contributed by atoms with van der Waals surface area (Å²) in [5, 5.41) is 10.6. The zero-order valence-corrected chi connectivity index (χ0v) is 12.8. The summed E-state index contributed by atoms with van der Waals surface area (Å²) in [5.41, 5.74) is -2.08. The summed E-state index contributed by atoms with van der Waals surface area (Å²) in [6.45, 7) is 3.51. The molecule has 0 aliphatic carbocycles. The largest absolute Gasteiger partial charge is 0.468 e. The standard InChI is InChI=1S/C14H14ClNO6/c1-4-7-14(12(17)21-2,13(18)22-3)10-6-5-9(16(19)20)8-11(10)15/h4-6,8H,1,7H2,2-3H3. The number of carbonyl (C=O) groups is 2. The highest BCUT2D eigenvalue weighted by atomic mass is 35.5. The van der Waals surface area contributed by atoms with Gasteiger partial charge in [0.25, 0.3) is 5.69 Å². The molecule has 0 N–H and O–H groups in total. The number of nitro benzene ring substituents is 1. The molecule has 0 unspecified atom stereocenters. The van der Waals surface area contributed by atoms with Crippen LogP contribution in [-0.4, -0.2) is 31.1 Å². The second kappa shape index (κ2) is 7.04. The van der Waals surface area contributed by atoms with E-state index in [2.05, 4.69) is 6.58 Å². The third-order valence-corrected chi connectivity index (χ3v) is 3.45. The third-order valence-electron chi connectivity index (χ3n) is 3.14. The molecule has 0 aromatic heterocycles. The van der Waals surface area contributed by atoms with Gasteiger partial charge < -0.3 is 9.47 Å². The van der Waals surface area contributed by atoms with Crippen molar-refractivity contribution < 1.29 is 24.0 Å². The predicted octanol–water partition coefficient (Wildman–Crippen LogP) is 2.41. The second-order valence-corrected chi connectivity index (χ2v) is 4.71. The molecule has 8 heteroatoms. The molecule has 118 valence electrons. The lowest BCUT2D eigenvalue weighted by Gasteiger charge is -2.28. The number of ether oxygens (including phenoxy) is 2. The van der Waals surface area contributed by atoms with Crippen LogP contribution in [0.3, 0.4) is 0 Å². The molecule has 7 nitrogen and oxygen atoms in total. The van der Waals surface area contributed by atoms with Crippen LogP contribution < -0.4 is 0 Å². The van der Waals surface area contributed by atoms with Crippen molar-refractivity contribution in [1.29, 1.82) is 0 Å². The van der Waals surface area contributed by atoms with E-state index in [1.54, 1.807) is 0 Å². The molecule has 0 saturated heterocycles. The van der Waals surface area contributed by atoms with Crippen molar-refractivity contribution in [2.75, 3.05) is 14.2 Å². The van der Waals surface area contributed by atoms with Gasteiger partial charge in [-0.3, -0.25) is 19.7 Å². The number of benzene rings is 1. The van der Waals surface area contributed by atoms with Gasteiger partial charge in [-0.05, 0) is 18.1 Å². The first kappa shape index (κ1) is 17.6. The highest BCUT2D eigenvalue weighted by molar-refractivity contribution is 6.32. The zero-order chi connectivity index (χ0) is 16.9. The molecule has 22 heavy (non-hydrogen) atoms. The highest BCUT2D eigenvalue weighted by Crippen LogP contribution is 2.38. The van der Waals surface area contributed by atoms with Crippen molar-refractivity contribution in [3.63, 3.8) is 0 Å². The fraction of sp³-hybridized carbons (Fsp3) is 0.286. The number of nitrogens with zero attached hydrogens (tertiary/aromatic N) is 1. The van der Waals surface area contributed by atoms with Crippen molar-refractivity contribution in [3.8, 4) is 0 Å². The summed E-state index contributed by atoms with van der Waals surface area (Å²) in [5.74, 6) is -1.79. The number of carbonyl (C=O) groups excluding carboxylic acids is 2. The molecule has 0 heterocycles. The lowest BCUT2D eigenvalue weighted by molar-refractivity contribution is -0.384. The van der Waals surface area contributed by atoms with E-state index in [9.17, 15) is 19.7 Å². The number of non-ortho nitro benzene ring substituents is 1. The van der Waals surface area contributed by atoms with Crippen molar-refractivity contribution in [3.05, 3.63) is 51.6 Å². The van der Waals surface area contributed by atoms with Crippen LogP contribution in [0.25, 0.3) is 0 Å². The van der Waals surface area contributed by atoms with Crippen LogP contribution in [0.2, 0.25) is 5.02 Å². The monoisotopic (exact) mass is 327 g/mol. The highest BCUT2D eigenvalue weighted by Gasteiger charge is 2.50. The quantitative estimate of drug-likeness (QED) is 0.262. The molecule has 0 bridgehead atoms. The Hall–Kier alpha value is -2.41. The zero-order valence-electron chi connectivity index (χ0n) is 12.0. The summed E-state index contributed by atoms with van der Waals surface area (Å²) in [7, 11) is 2.23. The SMILES string of the molecule is C=CCC(C(=O)OC)(C(=O)OC)c1ccc([N+](=O)[O-])cc1Cl. The fourth-order valence-corrected chi connectivity index (χ4v) is 2.44. The van der Waals surface area contributed by atoms with Gasteiger partial charge in [-0.1, -0.05) is 17.7 Å². The van der Waals surface area contributed by atoms with Gasteiger partial charge in [0.05, 0.1) is 24.2 Å². The number of esters is 2. The lowest BCUT2D eigenvalue weighted by atomic mass is 9.77. The first-order valence-electron chi connectivity index (χ1n) is 6.07. The summed E-state index contributed by atoms with van der Waals surface area (Å²) in [4.78, 5) is 34.6. The normalized spacial score (nSPS) is 10.7. The van der Waals surface area contributed by atoms with Crippen LogP contribution in [0.15, 0.2) is 30.9 Å². The first-order chi connectivity index (χ1) is 10.3. The smallest absolute Gasteiger partial charge is 0.328 e. The van der Waals surface area contributed by atoms with E-state index in [0.29, 0.717) is 0 Å². The summed E-state index contributed by atoms with van der Waals surface area (Å²) in [6, 6.07) is 3.43. The molecule has 0 saturated carbocycles. The number of halogens is 1. The molecule has 0 fully saturated rings. The van der Waals surface area contributed by atoms with Gasteiger partial charge in [0, 0.05) is 12.1 Å². The molecular weight excluding hydrogens is 314 g/mol. The van der Waals surface area contributed by atoms with Crippen LogP contribution in [0.1, 0.15) is 12.0 Å². The van der Waals surface area contributed by atoms with E-state index in [4.69, 9.17) is 21.1 Å². The molecule has 1 rings (SSSR count). The summed E-state index contributed by atoms with van der Waals surface area (Å²) >= 11 is 6.04. The maximum Gasteiger partial charge on any atom is 0.328 e. The van der Waals surface area contributed by atoms with Gasteiger partial charge >= 0.3 is 11.9 Å². The summed E-state index contributed by atoms with van der Waals surface area (Å²) in [6.07, 6.45) is 1.20. The Morgan fingerprint density at radius 3 is 2.27 bits per heavy atom. The Labute approximate surface area is 131 Å². The number of hydrogen-bond donors (Lipinski definition) is 0. The molecule has 0 aliphatic heterocycles. The average Bonchev–Trinajstić information content (AvgIpc) is 2.51. The van der Waals surface area contributed by atoms with E-state index in [1.807, 2.05) is 0 Å². The molecule has 0 aliphatic rings. The number of allylic oxidation sites excluding steroid dienone is 1. The van der Waals surface area contributed by atoms with Crippen molar-refractivity contribution in [1.82, 2.24) is 0 Å². The Morgan fingerprint density at radius 2 is 1.91 bits per heavy atom. The van der Waals surface area contributed by atoms with E-state index in [-0.39, 0.29) is 22.7 Å². The van der Waals surface area contributed by atoms with Crippen LogP contribution in [-0.2, 0) is 24.5 Å². The fourth-order valence-electron chi connectivity index (χ4n) is 2.11. The maximum atomic E-state index is 12.2. The number of rotatable bonds is 6. The Balaban J connectivity index is 3.63. The molecule has 0 atom stereocenters. The van der Waals surface area contributed by atoms with Gasteiger partial charge in [-0.25, -0.2) is 0 Å².